The van der Waals surface area contributed by atoms with E-state index in [4.69, 9.17) is 4.74 Å². The van der Waals surface area contributed by atoms with Gasteiger partial charge in [0.2, 0.25) is 0 Å². The Bertz CT molecular complexity index is 833. The van der Waals surface area contributed by atoms with Crippen LogP contribution in [0.3, 0.4) is 0 Å². The third-order valence-electron chi connectivity index (χ3n) is 7.57. The molecule has 1 heterocycles. The number of amides is 1. The van der Waals surface area contributed by atoms with Gasteiger partial charge in [0.1, 0.15) is 6.10 Å². The SMILES string of the molecule is CC(C)(c1ccccc1)[C@@H]1CCCC[C@H]1OC(=O)N1CCCCC[C@@H]1c1ccccc1. The zero-order chi connectivity index (χ0) is 21.7. The van der Waals surface area contributed by atoms with E-state index >= 15 is 0 Å². The summed E-state index contributed by atoms with van der Waals surface area (Å²) in [6.07, 6.45) is 8.72. The van der Waals surface area contributed by atoms with Crippen molar-refractivity contribution in [2.75, 3.05) is 6.54 Å². The average Bonchev–Trinajstić information content (AvgIpc) is 3.07. The standard InChI is InChI=1S/C28H37NO2/c1-28(2,23-16-8-4-9-17-23)24-18-11-12-20-26(24)31-27(30)29-21-13-5-10-19-25(29)22-14-6-3-7-15-22/h3-4,6-9,14-17,24-26H,5,10-13,18-21H2,1-2H3/t24-,25-,26-/m1/s1. The van der Waals surface area contributed by atoms with Gasteiger partial charge in [0, 0.05) is 12.5 Å². The average molecular weight is 420 g/mol. The third kappa shape index (κ3) is 4.97. The topological polar surface area (TPSA) is 29.5 Å². The van der Waals surface area contributed by atoms with Gasteiger partial charge in [-0.25, -0.2) is 4.79 Å². The monoisotopic (exact) mass is 419 g/mol. The quantitative estimate of drug-likeness (QED) is 0.521. The maximum atomic E-state index is 13.5. The molecular weight excluding hydrogens is 382 g/mol. The minimum absolute atomic E-state index is 0.0175. The fraction of sp³-hybridized carbons (Fsp3) is 0.536. The van der Waals surface area contributed by atoms with E-state index in [1.54, 1.807) is 0 Å². The highest BCUT2D eigenvalue weighted by Gasteiger charge is 2.41. The molecule has 0 spiro atoms. The molecule has 2 aromatic carbocycles. The molecule has 3 atom stereocenters. The molecule has 0 bridgehead atoms. The molecular formula is C28H37NO2. The first-order valence-corrected chi connectivity index (χ1v) is 12.1. The van der Waals surface area contributed by atoms with Gasteiger partial charge in [-0.3, -0.25) is 0 Å². The van der Waals surface area contributed by atoms with Crippen LogP contribution >= 0.6 is 0 Å². The zero-order valence-corrected chi connectivity index (χ0v) is 19.1. The second-order valence-electron chi connectivity index (χ2n) is 9.87. The van der Waals surface area contributed by atoms with Crippen molar-refractivity contribution in [1.29, 1.82) is 0 Å². The predicted octanol–water partition coefficient (Wildman–Crippen LogP) is 7.28. The number of carbonyl (C=O) groups is 1. The van der Waals surface area contributed by atoms with Crippen LogP contribution in [0.25, 0.3) is 0 Å². The van der Waals surface area contributed by atoms with Gasteiger partial charge < -0.3 is 9.64 Å². The van der Waals surface area contributed by atoms with E-state index in [1.165, 1.54) is 24.0 Å². The molecule has 1 saturated carbocycles. The van der Waals surface area contributed by atoms with Crippen LogP contribution in [0.15, 0.2) is 60.7 Å². The summed E-state index contributed by atoms with van der Waals surface area (Å²) in [7, 11) is 0. The van der Waals surface area contributed by atoms with E-state index in [-0.39, 0.29) is 23.7 Å². The van der Waals surface area contributed by atoms with E-state index in [2.05, 4.69) is 68.4 Å². The lowest BCUT2D eigenvalue weighted by Crippen LogP contribution is -2.45. The summed E-state index contributed by atoms with van der Waals surface area (Å²) in [6, 6.07) is 21.3. The molecule has 0 unspecified atom stereocenters. The zero-order valence-electron chi connectivity index (χ0n) is 19.1. The summed E-state index contributed by atoms with van der Waals surface area (Å²) >= 11 is 0. The number of likely N-dealkylation sites (tertiary alicyclic amines) is 1. The molecule has 1 amide bonds. The van der Waals surface area contributed by atoms with E-state index in [0.717, 1.165) is 45.1 Å². The van der Waals surface area contributed by atoms with Gasteiger partial charge in [0.05, 0.1) is 6.04 Å². The van der Waals surface area contributed by atoms with Crippen molar-refractivity contribution < 1.29 is 9.53 Å². The normalized spacial score (nSPS) is 25.0. The Kier molecular flexibility index (Phi) is 6.99. The highest BCUT2D eigenvalue weighted by Crippen LogP contribution is 2.42. The Morgan fingerprint density at radius 3 is 2.23 bits per heavy atom. The number of ether oxygens (including phenoxy) is 1. The summed E-state index contributed by atoms with van der Waals surface area (Å²) in [4.78, 5) is 15.5. The summed E-state index contributed by atoms with van der Waals surface area (Å²) < 4.78 is 6.35. The van der Waals surface area contributed by atoms with Crippen LogP contribution in [-0.4, -0.2) is 23.6 Å². The molecule has 31 heavy (non-hydrogen) atoms. The number of rotatable bonds is 4. The predicted molar refractivity (Wildman–Crippen MR) is 126 cm³/mol. The molecule has 0 aromatic heterocycles. The van der Waals surface area contributed by atoms with Gasteiger partial charge in [-0.05, 0) is 48.6 Å². The molecule has 2 aliphatic rings. The fourth-order valence-electron chi connectivity index (χ4n) is 5.69. The number of benzene rings is 2. The van der Waals surface area contributed by atoms with Crippen LogP contribution in [0, 0.1) is 5.92 Å². The number of carbonyl (C=O) groups excluding carboxylic acids is 1. The number of hydrogen-bond acceptors (Lipinski definition) is 2. The van der Waals surface area contributed by atoms with Gasteiger partial charge >= 0.3 is 6.09 Å². The Hall–Kier alpha value is -2.29. The summed E-state index contributed by atoms with van der Waals surface area (Å²) in [6.45, 7) is 5.42. The largest absolute Gasteiger partial charge is 0.446 e. The highest BCUT2D eigenvalue weighted by atomic mass is 16.6. The van der Waals surface area contributed by atoms with Crippen LogP contribution in [0.5, 0.6) is 0 Å². The molecule has 0 radical (unpaired) electrons. The molecule has 166 valence electrons. The first-order chi connectivity index (χ1) is 15.1. The van der Waals surface area contributed by atoms with E-state index in [0.29, 0.717) is 5.92 Å². The van der Waals surface area contributed by atoms with Crippen molar-refractivity contribution >= 4 is 6.09 Å². The molecule has 3 heteroatoms. The van der Waals surface area contributed by atoms with Crippen molar-refractivity contribution in [3.05, 3.63) is 71.8 Å². The molecule has 2 aromatic rings. The van der Waals surface area contributed by atoms with Gasteiger partial charge in [-0.15, -0.1) is 0 Å². The van der Waals surface area contributed by atoms with Crippen LogP contribution in [0.1, 0.15) is 82.4 Å². The van der Waals surface area contributed by atoms with Crippen LogP contribution in [0.2, 0.25) is 0 Å². The van der Waals surface area contributed by atoms with Crippen LogP contribution in [-0.2, 0) is 10.2 Å². The molecule has 0 N–H and O–H groups in total. The molecule has 1 saturated heterocycles. The van der Waals surface area contributed by atoms with Gasteiger partial charge in [0.25, 0.3) is 0 Å². The van der Waals surface area contributed by atoms with Gasteiger partial charge in [-0.2, -0.15) is 0 Å². The van der Waals surface area contributed by atoms with E-state index < -0.39 is 0 Å². The Morgan fingerprint density at radius 1 is 0.839 bits per heavy atom. The van der Waals surface area contributed by atoms with Crippen molar-refractivity contribution in [2.24, 2.45) is 5.92 Å². The van der Waals surface area contributed by atoms with Crippen LogP contribution < -0.4 is 0 Å². The molecule has 2 fully saturated rings. The molecule has 4 rings (SSSR count). The van der Waals surface area contributed by atoms with Gasteiger partial charge in [-0.1, -0.05) is 93.8 Å². The van der Waals surface area contributed by atoms with Crippen molar-refractivity contribution in [2.45, 2.75) is 82.8 Å². The van der Waals surface area contributed by atoms with Crippen molar-refractivity contribution in [3.63, 3.8) is 0 Å². The first kappa shape index (κ1) is 21.9. The molecule has 1 aliphatic carbocycles. The second kappa shape index (κ2) is 9.89. The molecule has 1 aliphatic heterocycles. The van der Waals surface area contributed by atoms with Gasteiger partial charge in [0.15, 0.2) is 0 Å². The van der Waals surface area contributed by atoms with E-state index in [9.17, 15) is 4.79 Å². The van der Waals surface area contributed by atoms with Crippen LogP contribution in [0.4, 0.5) is 4.79 Å². The second-order valence-corrected chi connectivity index (χ2v) is 9.87. The number of hydrogen-bond donors (Lipinski definition) is 0. The minimum Gasteiger partial charge on any atom is -0.446 e. The summed E-state index contributed by atoms with van der Waals surface area (Å²) in [5, 5.41) is 0. The Balaban J connectivity index is 1.53. The maximum Gasteiger partial charge on any atom is 0.410 e. The lowest BCUT2D eigenvalue weighted by atomic mass is 9.66. The fourth-order valence-corrected chi connectivity index (χ4v) is 5.69. The maximum absolute atomic E-state index is 13.5. The molecule has 3 nitrogen and oxygen atoms in total. The van der Waals surface area contributed by atoms with Crippen molar-refractivity contribution in [3.8, 4) is 0 Å². The number of nitrogens with zero attached hydrogens (tertiary/aromatic N) is 1. The lowest BCUT2D eigenvalue weighted by molar-refractivity contribution is -0.0117. The first-order valence-electron chi connectivity index (χ1n) is 12.1. The Labute approximate surface area is 187 Å². The van der Waals surface area contributed by atoms with Crippen molar-refractivity contribution in [1.82, 2.24) is 4.90 Å². The lowest BCUT2D eigenvalue weighted by Gasteiger charge is -2.43. The smallest absolute Gasteiger partial charge is 0.410 e. The minimum atomic E-state index is -0.114. The highest BCUT2D eigenvalue weighted by molar-refractivity contribution is 5.68. The summed E-state index contributed by atoms with van der Waals surface area (Å²) in [5.41, 5.74) is 2.54. The Morgan fingerprint density at radius 2 is 1.48 bits per heavy atom. The van der Waals surface area contributed by atoms with E-state index in [1.807, 2.05) is 11.0 Å². The third-order valence-corrected chi connectivity index (χ3v) is 7.57. The summed E-state index contributed by atoms with van der Waals surface area (Å²) in [5.74, 6) is 0.342.